The molecule has 30 heavy (non-hydrogen) atoms. The maximum atomic E-state index is 12.9. The molecule has 0 heterocycles. The molecule has 164 valence electrons. The van der Waals surface area contributed by atoms with Crippen molar-refractivity contribution in [1.82, 2.24) is 10.0 Å². The van der Waals surface area contributed by atoms with Crippen molar-refractivity contribution >= 4 is 26.9 Å². The topological polar surface area (TPSA) is 84.5 Å². The second-order valence-electron chi connectivity index (χ2n) is 9.10. The molecular weight excluding hydrogens is 400 g/mol. The number of carbonyl (C=O) groups excluding carboxylic acids is 1. The summed E-state index contributed by atoms with van der Waals surface area (Å²) >= 11 is 0. The number of carbonyl (C=O) groups is 1. The predicted octanol–water partition coefficient (Wildman–Crippen LogP) is 4.45. The van der Waals surface area contributed by atoms with Crippen molar-refractivity contribution in [3.8, 4) is 0 Å². The number of amides is 1. The van der Waals surface area contributed by atoms with Gasteiger partial charge in [0.15, 0.2) is 0 Å². The molecule has 0 spiro atoms. The molecule has 0 bridgehead atoms. The van der Waals surface area contributed by atoms with Crippen LogP contribution in [0.1, 0.15) is 46.5 Å². The maximum Gasteiger partial charge on any atom is 0.407 e. The van der Waals surface area contributed by atoms with Crippen LogP contribution in [0.4, 0.5) is 4.79 Å². The highest BCUT2D eigenvalue weighted by molar-refractivity contribution is 7.89. The zero-order chi connectivity index (χ0) is 21.8. The summed E-state index contributed by atoms with van der Waals surface area (Å²) in [5, 5.41) is 4.50. The van der Waals surface area contributed by atoms with Crippen LogP contribution in [0, 0.1) is 11.8 Å². The molecule has 0 atom stereocenters. The number of fused-ring (bicyclic) bond motifs is 1. The van der Waals surface area contributed by atoms with E-state index in [-0.39, 0.29) is 6.09 Å². The van der Waals surface area contributed by atoms with Gasteiger partial charge in [-0.05, 0) is 69.7 Å². The van der Waals surface area contributed by atoms with Crippen LogP contribution in [0.15, 0.2) is 47.4 Å². The van der Waals surface area contributed by atoms with Crippen molar-refractivity contribution in [3.05, 3.63) is 42.5 Å². The molecule has 2 aromatic carbocycles. The Morgan fingerprint density at radius 3 is 2.23 bits per heavy atom. The van der Waals surface area contributed by atoms with Gasteiger partial charge in [-0.25, -0.2) is 17.9 Å². The summed E-state index contributed by atoms with van der Waals surface area (Å²) in [7, 11) is -3.56. The first-order valence-electron chi connectivity index (χ1n) is 10.6. The molecule has 2 aromatic rings. The van der Waals surface area contributed by atoms with Gasteiger partial charge in [-0.1, -0.05) is 36.4 Å². The zero-order valence-corrected chi connectivity index (χ0v) is 18.8. The van der Waals surface area contributed by atoms with Crippen molar-refractivity contribution in [1.29, 1.82) is 0 Å². The Balaban J connectivity index is 1.48. The van der Waals surface area contributed by atoms with Crippen LogP contribution in [0.2, 0.25) is 0 Å². The molecule has 6 nitrogen and oxygen atoms in total. The van der Waals surface area contributed by atoms with Gasteiger partial charge < -0.3 is 10.1 Å². The predicted molar refractivity (Wildman–Crippen MR) is 119 cm³/mol. The molecular formula is C23H32N2O4S. The third kappa shape index (κ3) is 6.19. The van der Waals surface area contributed by atoms with E-state index in [0.29, 0.717) is 29.8 Å². The number of benzene rings is 2. The minimum absolute atomic E-state index is 0.313. The largest absolute Gasteiger partial charge is 0.444 e. The summed E-state index contributed by atoms with van der Waals surface area (Å²) in [6.45, 7) is 6.58. The highest BCUT2D eigenvalue weighted by Gasteiger charge is 2.25. The molecule has 0 saturated heterocycles. The number of hydrogen-bond acceptors (Lipinski definition) is 4. The minimum Gasteiger partial charge on any atom is -0.444 e. The number of alkyl carbamates (subject to hydrolysis) is 1. The number of nitrogens with one attached hydrogen (secondary N) is 2. The summed E-state index contributed by atoms with van der Waals surface area (Å²) in [6, 6.07) is 12.9. The van der Waals surface area contributed by atoms with Gasteiger partial charge in [-0.15, -0.1) is 0 Å². The molecule has 0 aromatic heterocycles. The van der Waals surface area contributed by atoms with Crippen LogP contribution in [0.25, 0.3) is 10.8 Å². The molecule has 0 aliphatic heterocycles. The number of rotatable bonds is 6. The van der Waals surface area contributed by atoms with Crippen LogP contribution in [-0.4, -0.2) is 33.2 Å². The Morgan fingerprint density at radius 2 is 1.57 bits per heavy atom. The van der Waals surface area contributed by atoms with Gasteiger partial charge in [0, 0.05) is 18.5 Å². The van der Waals surface area contributed by atoms with Crippen LogP contribution in [0.3, 0.4) is 0 Å². The lowest BCUT2D eigenvalue weighted by molar-refractivity contribution is 0.0513. The molecule has 1 fully saturated rings. The average Bonchev–Trinajstić information content (AvgIpc) is 2.70. The fourth-order valence-electron chi connectivity index (χ4n) is 3.92. The Morgan fingerprint density at radius 1 is 0.967 bits per heavy atom. The highest BCUT2D eigenvalue weighted by atomic mass is 32.2. The average molecular weight is 433 g/mol. The van der Waals surface area contributed by atoms with E-state index in [1.54, 1.807) is 12.1 Å². The van der Waals surface area contributed by atoms with Crippen LogP contribution < -0.4 is 10.0 Å². The van der Waals surface area contributed by atoms with E-state index in [0.717, 1.165) is 36.5 Å². The molecule has 1 aliphatic rings. The zero-order valence-electron chi connectivity index (χ0n) is 18.0. The summed E-state index contributed by atoms with van der Waals surface area (Å²) in [6.07, 6.45) is 3.44. The van der Waals surface area contributed by atoms with Crippen LogP contribution in [0.5, 0.6) is 0 Å². The molecule has 3 rings (SSSR count). The standard InChI is InChI=1S/C23H32N2O4S/c1-23(2,3)29-22(26)24-15-17-11-13-18(14-12-17)16-25-30(27,28)21-10-6-8-19-7-4-5-9-20(19)21/h4-10,17-18,25H,11-16H2,1-3H3,(H,24,26). The maximum absolute atomic E-state index is 12.9. The van der Waals surface area contributed by atoms with Gasteiger partial charge in [-0.3, -0.25) is 0 Å². The fraction of sp³-hybridized carbons (Fsp3) is 0.522. The molecule has 0 radical (unpaired) electrons. The lowest BCUT2D eigenvalue weighted by Gasteiger charge is -2.29. The molecule has 7 heteroatoms. The van der Waals surface area contributed by atoms with E-state index in [4.69, 9.17) is 4.74 Å². The van der Waals surface area contributed by atoms with Crippen LogP contribution in [-0.2, 0) is 14.8 Å². The van der Waals surface area contributed by atoms with E-state index in [1.807, 2.05) is 51.1 Å². The lowest BCUT2D eigenvalue weighted by Crippen LogP contribution is -2.37. The molecule has 1 saturated carbocycles. The Kier molecular flexibility index (Phi) is 7.03. The van der Waals surface area contributed by atoms with Gasteiger partial charge in [0.2, 0.25) is 10.0 Å². The van der Waals surface area contributed by atoms with E-state index in [2.05, 4.69) is 10.0 Å². The monoisotopic (exact) mass is 432 g/mol. The summed E-state index contributed by atoms with van der Waals surface area (Å²) in [5.74, 6) is 0.718. The SMILES string of the molecule is CC(C)(C)OC(=O)NCC1CCC(CNS(=O)(=O)c2cccc3ccccc23)CC1. The Bertz CT molecular complexity index is 969. The molecule has 2 N–H and O–H groups in total. The summed E-state index contributed by atoms with van der Waals surface area (Å²) in [4.78, 5) is 12.1. The van der Waals surface area contributed by atoms with E-state index >= 15 is 0 Å². The second-order valence-corrected chi connectivity index (χ2v) is 10.8. The van der Waals surface area contributed by atoms with Crippen molar-refractivity contribution in [2.24, 2.45) is 11.8 Å². The second kappa shape index (κ2) is 9.35. The van der Waals surface area contributed by atoms with Gasteiger partial charge in [0.25, 0.3) is 0 Å². The number of sulfonamides is 1. The first kappa shape index (κ1) is 22.6. The van der Waals surface area contributed by atoms with Gasteiger partial charge in [0.1, 0.15) is 5.60 Å². The molecule has 0 unspecified atom stereocenters. The van der Waals surface area contributed by atoms with Gasteiger partial charge in [0.05, 0.1) is 4.90 Å². The Labute approximate surface area is 179 Å². The van der Waals surface area contributed by atoms with Gasteiger partial charge in [-0.2, -0.15) is 0 Å². The van der Waals surface area contributed by atoms with Gasteiger partial charge >= 0.3 is 6.09 Å². The van der Waals surface area contributed by atoms with Crippen LogP contribution >= 0.6 is 0 Å². The number of hydrogen-bond donors (Lipinski definition) is 2. The first-order chi connectivity index (χ1) is 14.1. The number of ether oxygens (including phenoxy) is 1. The third-order valence-corrected chi connectivity index (χ3v) is 6.98. The molecule has 1 aliphatic carbocycles. The Hall–Kier alpha value is -2.12. The fourth-order valence-corrected chi connectivity index (χ4v) is 5.26. The summed E-state index contributed by atoms with van der Waals surface area (Å²) in [5.41, 5.74) is -0.497. The first-order valence-corrected chi connectivity index (χ1v) is 12.1. The van der Waals surface area contributed by atoms with E-state index < -0.39 is 15.6 Å². The highest BCUT2D eigenvalue weighted by Crippen LogP contribution is 2.29. The lowest BCUT2D eigenvalue weighted by atomic mass is 9.82. The van der Waals surface area contributed by atoms with E-state index in [9.17, 15) is 13.2 Å². The minimum atomic E-state index is -3.56. The van der Waals surface area contributed by atoms with Crippen molar-refractivity contribution in [3.63, 3.8) is 0 Å². The quantitative estimate of drug-likeness (QED) is 0.706. The smallest absolute Gasteiger partial charge is 0.407 e. The normalized spacial score (nSPS) is 20.1. The summed E-state index contributed by atoms with van der Waals surface area (Å²) < 4.78 is 33.8. The van der Waals surface area contributed by atoms with Crippen molar-refractivity contribution in [2.75, 3.05) is 13.1 Å². The van der Waals surface area contributed by atoms with Crippen molar-refractivity contribution < 1.29 is 17.9 Å². The van der Waals surface area contributed by atoms with Crippen molar-refractivity contribution in [2.45, 2.75) is 57.0 Å². The van der Waals surface area contributed by atoms with E-state index in [1.165, 1.54) is 0 Å². The molecule has 1 amide bonds. The third-order valence-electron chi connectivity index (χ3n) is 5.50.